The number of carbonyl (C=O) groups excluding carboxylic acids is 1. The summed E-state index contributed by atoms with van der Waals surface area (Å²) in [6, 6.07) is 12.2. The van der Waals surface area contributed by atoms with Gasteiger partial charge in [0.2, 0.25) is 5.91 Å². The Kier molecular flexibility index (Phi) is 2.90. The maximum absolute atomic E-state index is 11.3. The van der Waals surface area contributed by atoms with Crippen LogP contribution in [-0.2, 0) is 11.2 Å². The second-order valence-corrected chi connectivity index (χ2v) is 4.99. The smallest absolute Gasteiger partial charge is 0.224 e. The molecule has 92 valence electrons. The fourth-order valence-electron chi connectivity index (χ4n) is 2.42. The highest BCUT2D eigenvalue weighted by Gasteiger charge is 2.15. The van der Waals surface area contributed by atoms with E-state index < -0.39 is 0 Å². The Balaban J connectivity index is 2.02. The van der Waals surface area contributed by atoms with Gasteiger partial charge in [0.1, 0.15) is 7.85 Å². The molecule has 2 aromatic carbocycles. The average molecular weight is 247 g/mol. The molecule has 1 heterocycles. The van der Waals surface area contributed by atoms with Crippen LogP contribution in [0.1, 0.15) is 17.5 Å². The molecule has 0 aromatic heterocycles. The molecule has 0 saturated heterocycles. The Morgan fingerprint density at radius 3 is 2.58 bits per heavy atom. The molecule has 0 fully saturated rings. The summed E-state index contributed by atoms with van der Waals surface area (Å²) in [5, 5.41) is 2.90. The molecule has 2 aromatic rings. The van der Waals surface area contributed by atoms with Crippen LogP contribution in [-0.4, -0.2) is 13.8 Å². The molecule has 1 aliphatic heterocycles. The van der Waals surface area contributed by atoms with Crippen LogP contribution in [0.25, 0.3) is 11.1 Å². The molecular weight excluding hydrogens is 233 g/mol. The van der Waals surface area contributed by atoms with Gasteiger partial charge in [-0.25, -0.2) is 0 Å². The maximum atomic E-state index is 11.3. The lowest BCUT2D eigenvalue weighted by Crippen LogP contribution is -2.18. The minimum atomic E-state index is 0.101. The van der Waals surface area contributed by atoms with Gasteiger partial charge in [0, 0.05) is 12.1 Å². The minimum Gasteiger partial charge on any atom is -0.326 e. The van der Waals surface area contributed by atoms with Crippen molar-refractivity contribution in [1.82, 2.24) is 0 Å². The van der Waals surface area contributed by atoms with Crippen molar-refractivity contribution in [2.24, 2.45) is 0 Å². The van der Waals surface area contributed by atoms with E-state index >= 15 is 0 Å². The first-order chi connectivity index (χ1) is 9.13. The molecule has 0 bridgehead atoms. The van der Waals surface area contributed by atoms with Crippen LogP contribution in [0, 0.1) is 6.92 Å². The molecule has 0 saturated carbocycles. The average Bonchev–Trinajstić information content (AvgIpc) is 2.41. The fraction of sp³-hybridized carbons (Fsp3) is 0.188. The number of aryl methyl sites for hydroxylation is 2. The zero-order valence-electron chi connectivity index (χ0n) is 10.9. The van der Waals surface area contributed by atoms with E-state index in [4.69, 9.17) is 7.85 Å². The van der Waals surface area contributed by atoms with E-state index in [1.54, 1.807) is 0 Å². The number of fused-ring (bicyclic) bond motifs is 1. The summed E-state index contributed by atoms with van der Waals surface area (Å²) in [4.78, 5) is 11.3. The van der Waals surface area contributed by atoms with E-state index in [9.17, 15) is 4.79 Å². The number of amides is 1. The third-order valence-corrected chi connectivity index (χ3v) is 3.60. The van der Waals surface area contributed by atoms with Gasteiger partial charge in [0.05, 0.1) is 0 Å². The Bertz CT molecular complexity index is 664. The zero-order chi connectivity index (χ0) is 13.4. The highest BCUT2D eigenvalue weighted by Crippen LogP contribution is 2.28. The lowest BCUT2D eigenvalue weighted by atomic mass is 9.88. The molecule has 1 amide bonds. The molecule has 0 unspecified atom stereocenters. The van der Waals surface area contributed by atoms with Crippen molar-refractivity contribution in [2.75, 3.05) is 5.32 Å². The molecule has 2 nitrogen and oxygen atoms in total. The molecule has 19 heavy (non-hydrogen) atoms. The highest BCUT2D eigenvalue weighted by atomic mass is 16.1. The fourth-order valence-corrected chi connectivity index (χ4v) is 2.42. The molecule has 0 aliphatic carbocycles. The van der Waals surface area contributed by atoms with Gasteiger partial charge >= 0.3 is 0 Å². The molecule has 1 N–H and O–H groups in total. The van der Waals surface area contributed by atoms with Crippen molar-refractivity contribution >= 4 is 24.9 Å². The second-order valence-electron chi connectivity index (χ2n) is 4.99. The topological polar surface area (TPSA) is 29.1 Å². The summed E-state index contributed by atoms with van der Waals surface area (Å²) in [5.74, 6) is 0.101. The van der Waals surface area contributed by atoms with Gasteiger partial charge in [0.15, 0.2) is 0 Å². The third-order valence-electron chi connectivity index (χ3n) is 3.60. The number of nitrogens with one attached hydrogen (secondary N) is 1. The monoisotopic (exact) mass is 247 g/mol. The minimum absolute atomic E-state index is 0.101. The first kappa shape index (κ1) is 12.0. The lowest BCUT2D eigenvalue weighted by Gasteiger charge is -2.18. The van der Waals surface area contributed by atoms with Crippen LogP contribution in [0.4, 0.5) is 5.69 Å². The van der Waals surface area contributed by atoms with E-state index in [0.29, 0.717) is 6.42 Å². The summed E-state index contributed by atoms with van der Waals surface area (Å²) in [6.07, 6.45) is 1.38. The van der Waals surface area contributed by atoms with Crippen LogP contribution >= 0.6 is 0 Å². The number of hydrogen-bond acceptors (Lipinski definition) is 1. The first-order valence-electron chi connectivity index (χ1n) is 6.43. The summed E-state index contributed by atoms with van der Waals surface area (Å²) in [5.41, 5.74) is 6.36. The zero-order valence-corrected chi connectivity index (χ0v) is 10.9. The van der Waals surface area contributed by atoms with Crippen LogP contribution < -0.4 is 10.8 Å². The van der Waals surface area contributed by atoms with Gasteiger partial charge in [-0.2, -0.15) is 0 Å². The van der Waals surface area contributed by atoms with Crippen molar-refractivity contribution in [1.29, 1.82) is 0 Å². The molecule has 0 atom stereocenters. The Hall–Kier alpha value is -2.03. The van der Waals surface area contributed by atoms with Crippen LogP contribution in [0.15, 0.2) is 36.4 Å². The van der Waals surface area contributed by atoms with Gasteiger partial charge in [-0.1, -0.05) is 35.3 Å². The Labute approximate surface area is 114 Å². The molecule has 1 aliphatic rings. The predicted octanol–water partition coefficient (Wildman–Crippen LogP) is 2.34. The van der Waals surface area contributed by atoms with E-state index in [1.807, 2.05) is 31.2 Å². The quantitative estimate of drug-likeness (QED) is 0.770. The van der Waals surface area contributed by atoms with Crippen LogP contribution in [0.3, 0.4) is 0 Å². The number of benzene rings is 2. The molecule has 3 rings (SSSR count). The highest BCUT2D eigenvalue weighted by molar-refractivity contribution is 6.33. The van der Waals surface area contributed by atoms with E-state index in [2.05, 4.69) is 17.4 Å². The van der Waals surface area contributed by atoms with Gasteiger partial charge in [-0.3, -0.25) is 4.79 Å². The third kappa shape index (κ3) is 2.28. The number of carbonyl (C=O) groups is 1. The van der Waals surface area contributed by atoms with E-state index in [1.165, 1.54) is 5.56 Å². The maximum Gasteiger partial charge on any atom is 0.224 e. The van der Waals surface area contributed by atoms with Gasteiger partial charge in [-0.15, -0.1) is 0 Å². The van der Waals surface area contributed by atoms with Crippen molar-refractivity contribution < 1.29 is 4.79 Å². The SMILES string of the molecule is [B]c1ccc(-c2ccc3c(c2)CCC(=O)N3)cc1C. The lowest BCUT2D eigenvalue weighted by molar-refractivity contribution is -0.116. The first-order valence-corrected chi connectivity index (χ1v) is 6.43. The Morgan fingerprint density at radius 1 is 1.05 bits per heavy atom. The van der Waals surface area contributed by atoms with Crippen molar-refractivity contribution in [3.8, 4) is 11.1 Å². The largest absolute Gasteiger partial charge is 0.326 e. The van der Waals surface area contributed by atoms with Crippen LogP contribution in [0.5, 0.6) is 0 Å². The molecule has 2 radical (unpaired) electrons. The Morgan fingerprint density at radius 2 is 1.79 bits per heavy atom. The predicted molar refractivity (Wildman–Crippen MR) is 79.0 cm³/mol. The summed E-state index contributed by atoms with van der Waals surface area (Å²) < 4.78 is 0. The van der Waals surface area contributed by atoms with E-state index in [-0.39, 0.29) is 5.91 Å². The van der Waals surface area contributed by atoms with Crippen LogP contribution in [0.2, 0.25) is 0 Å². The van der Waals surface area contributed by atoms with Gasteiger partial charge in [0.25, 0.3) is 0 Å². The number of hydrogen-bond donors (Lipinski definition) is 1. The molecule has 3 heteroatoms. The second kappa shape index (κ2) is 4.58. The normalized spacial score (nSPS) is 13.8. The summed E-state index contributed by atoms with van der Waals surface area (Å²) in [6.45, 7) is 2.01. The van der Waals surface area contributed by atoms with E-state index in [0.717, 1.165) is 34.3 Å². The standard InChI is InChI=1S/C16H14BNO/c1-10-8-11(2-5-14(10)17)12-3-6-15-13(9-12)4-7-16(19)18-15/h2-3,5-6,8-9H,4,7H2,1H3,(H,18,19). The summed E-state index contributed by atoms with van der Waals surface area (Å²) in [7, 11) is 5.85. The molecular formula is C16H14BNO. The molecule has 0 spiro atoms. The number of rotatable bonds is 1. The van der Waals surface area contributed by atoms with Gasteiger partial charge < -0.3 is 5.32 Å². The van der Waals surface area contributed by atoms with Crippen molar-refractivity contribution in [2.45, 2.75) is 19.8 Å². The van der Waals surface area contributed by atoms with Gasteiger partial charge in [-0.05, 0) is 42.2 Å². The van der Waals surface area contributed by atoms with Crippen molar-refractivity contribution in [3.05, 3.63) is 47.5 Å². The summed E-state index contributed by atoms with van der Waals surface area (Å²) >= 11 is 0. The number of anilines is 1. The van der Waals surface area contributed by atoms with Crippen molar-refractivity contribution in [3.63, 3.8) is 0 Å².